The summed E-state index contributed by atoms with van der Waals surface area (Å²) in [6.45, 7) is 6.09. The first-order valence-corrected chi connectivity index (χ1v) is 6.31. The number of hydrogen-bond donors (Lipinski definition) is 1. The minimum absolute atomic E-state index is 0.177. The quantitative estimate of drug-likeness (QED) is 0.904. The van der Waals surface area contributed by atoms with E-state index in [1.807, 2.05) is 44.2 Å². The van der Waals surface area contributed by atoms with E-state index in [-0.39, 0.29) is 6.04 Å². The fourth-order valence-corrected chi connectivity index (χ4v) is 2.00. The topological polar surface area (TPSA) is 48.7 Å². The third-order valence-electron chi connectivity index (χ3n) is 3.14. The van der Waals surface area contributed by atoms with E-state index in [1.165, 1.54) is 0 Å². The van der Waals surface area contributed by atoms with Gasteiger partial charge in [-0.05, 0) is 50.6 Å². The fourth-order valence-electron chi connectivity index (χ4n) is 2.00. The Balaban J connectivity index is 2.16. The fraction of sp³-hybridized carbons (Fsp3) is 0.250. The molecule has 0 radical (unpaired) electrons. The molecule has 0 bridgehead atoms. The molecule has 0 aliphatic rings. The van der Waals surface area contributed by atoms with Crippen molar-refractivity contribution in [2.45, 2.75) is 26.8 Å². The predicted molar refractivity (Wildman–Crippen MR) is 76.9 cm³/mol. The molecule has 0 saturated heterocycles. The number of nitrogens with zero attached hydrogens (tertiary/aromatic N) is 2. The van der Waals surface area contributed by atoms with Gasteiger partial charge in [-0.2, -0.15) is 5.26 Å². The van der Waals surface area contributed by atoms with Crippen LogP contribution in [0.5, 0.6) is 0 Å². The van der Waals surface area contributed by atoms with Crippen molar-refractivity contribution in [2.24, 2.45) is 0 Å². The lowest BCUT2D eigenvalue weighted by atomic mass is 10.1. The highest BCUT2D eigenvalue weighted by Crippen LogP contribution is 2.21. The van der Waals surface area contributed by atoms with Crippen molar-refractivity contribution in [1.82, 2.24) is 4.98 Å². The van der Waals surface area contributed by atoms with Crippen LogP contribution in [-0.2, 0) is 0 Å². The minimum Gasteiger partial charge on any atom is -0.377 e. The first kappa shape index (κ1) is 13.1. The zero-order valence-corrected chi connectivity index (χ0v) is 11.4. The standard InChI is InChI=1S/C16H17N3/c1-11-4-9-16(13(3)18-11)19-12(2)15-7-5-14(10-17)6-8-15/h4-9,12,19H,1-3H3. The van der Waals surface area contributed by atoms with E-state index in [1.54, 1.807) is 0 Å². The number of aryl methyl sites for hydroxylation is 2. The molecular formula is C16H17N3. The van der Waals surface area contributed by atoms with Crippen LogP contribution in [0.25, 0.3) is 0 Å². The van der Waals surface area contributed by atoms with Crippen LogP contribution in [0.1, 0.15) is 35.5 Å². The number of benzene rings is 1. The predicted octanol–water partition coefficient (Wildman–Crippen LogP) is 3.74. The van der Waals surface area contributed by atoms with Gasteiger partial charge in [0.2, 0.25) is 0 Å². The molecule has 1 aromatic carbocycles. The van der Waals surface area contributed by atoms with Crippen molar-refractivity contribution in [3.05, 3.63) is 58.9 Å². The molecule has 2 aromatic rings. The van der Waals surface area contributed by atoms with Gasteiger partial charge in [-0.15, -0.1) is 0 Å². The van der Waals surface area contributed by atoms with Crippen molar-refractivity contribution in [3.63, 3.8) is 0 Å². The molecule has 0 aliphatic heterocycles. The molecule has 0 spiro atoms. The van der Waals surface area contributed by atoms with E-state index in [0.717, 1.165) is 22.6 Å². The lowest BCUT2D eigenvalue weighted by Crippen LogP contribution is -2.08. The van der Waals surface area contributed by atoms with Gasteiger partial charge in [0.05, 0.1) is 23.0 Å². The number of anilines is 1. The second-order valence-electron chi connectivity index (χ2n) is 4.69. The lowest BCUT2D eigenvalue weighted by Gasteiger charge is -2.17. The van der Waals surface area contributed by atoms with Gasteiger partial charge >= 0.3 is 0 Å². The van der Waals surface area contributed by atoms with Crippen molar-refractivity contribution in [3.8, 4) is 6.07 Å². The second-order valence-corrected chi connectivity index (χ2v) is 4.69. The number of hydrogen-bond acceptors (Lipinski definition) is 3. The lowest BCUT2D eigenvalue weighted by molar-refractivity contribution is 0.877. The van der Waals surface area contributed by atoms with E-state index < -0.39 is 0 Å². The Hall–Kier alpha value is -2.34. The van der Waals surface area contributed by atoms with Gasteiger partial charge in [-0.25, -0.2) is 0 Å². The van der Waals surface area contributed by atoms with E-state index in [2.05, 4.69) is 29.4 Å². The third-order valence-corrected chi connectivity index (χ3v) is 3.14. The Labute approximate surface area is 113 Å². The Morgan fingerprint density at radius 3 is 2.37 bits per heavy atom. The molecule has 2 rings (SSSR count). The third kappa shape index (κ3) is 3.11. The summed E-state index contributed by atoms with van der Waals surface area (Å²) in [7, 11) is 0. The highest BCUT2D eigenvalue weighted by molar-refractivity contribution is 5.49. The van der Waals surface area contributed by atoms with Crippen LogP contribution in [0, 0.1) is 25.2 Å². The van der Waals surface area contributed by atoms with Crippen LogP contribution in [0.4, 0.5) is 5.69 Å². The SMILES string of the molecule is Cc1ccc(NC(C)c2ccc(C#N)cc2)c(C)n1. The van der Waals surface area contributed by atoms with Crippen molar-refractivity contribution < 1.29 is 0 Å². The first-order valence-electron chi connectivity index (χ1n) is 6.31. The monoisotopic (exact) mass is 251 g/mol. The van der Waals surface area contributed by atoms with E-state index in [4.69, 9.17) is 5.26 Å². The van der Waals surface area contributed by atoms with Crippen LogP contribution in [0.3, 0.4) is 0 Å². The molecule has 0 fully saturated rings. The molecule has 0 amide bonds. The summed E-state index contributed by atoms with van der Waals surface area (Å²) in [5.41, 5.74) is 4.90. The molecule has 1 unspecified atom stereocenters. The Morgan fingerprint density at radius 2 is 1.79 bits per heavy atom. The van der Waals surface area contributed by atoms with Crippen LogP contribution in [0.2, 0.25) is 0 Å². The first-order chi connectivity index (χ1) is 9.10. The molecule has 1 atom stereocenters. The molecule has 1 N–H and O–H groups in total. The van der Waals surface area contributed by atoms with Gasteiger partial charge in [0, 0.05) is 11.7 Å². The van der Waals surface area contributed by atoms with Gasteiger partial charge < -0.3 is 5.32 Å². The zero-order chi connectivity index (χ0) is 13.8. The average Bonchev–Trinajstić information content (AvgIpc) is 2.42. The summed E-state index contributed by atoms with van der Waals surface area (Å²) < 4.78 is 0. The number of pyridine rings is 1. The van der Waals surface area contributed by atoms with Crippen molar-refractivity contribution >= 4 is 5.69 Å². The summed E-state index contributed by atoms with van der Waals surface area (Å²) in [6, 6.07) is 14.0. The Morgan fingerprint density at radius 1 is 1.11 bits per heavy atom. The minimum atomic E-state index is 0.177. The van der Waals surface area contributed by atoms with Crippen molar-refractivity contribution in [1.29, 1.82) is 5.26 Å². The number of nitriles is 1. The van der Waals surface area contributed by atoms with Gasteiger partial charge in [0.15, 0.2) is 0 Å². The largest absolute Gasteiger partial charge is 0.377 e. The number of aromatic nitrogens is 1. The van der Waals surface area contributed by atoms with Crippen LogP contribution in [-0.4, -0.2) is 4.98 Å². The normalized spacial score (nSPS) is 11.7. The molecular weight excluding hydrogens is 234 g/mol. The second kappa shape index (κ2) is 5.53. The molecule has 3 nitrogen and oxygen atoms in total. The summed E-state index contributed by atoms with van der Waals surface area (Å²) in [6.07, 6.45) is 0. The van der Waals surface area contributed by atoms with Crippen LogP contribution >= 0.6 is 0 Å². The van der Waals surface area contributed by atoms with Crippen LogP contribution < -0.4 is 5.32 Å². The summed E-state index contributed by atoms with van der Waals surface area (Å²) >= 11 is 0. The molecule has 1 aromatic heterocycles. The molecule has 19 heavy (non-hydrogen) atoms. The summed E-state index contributed by atoms with van der Waals surface area (Å²) in [4.78, 5) is 4.44. The maximum atomic E-state index is 8.79. The highest BCUT2D eigenvalue weighted by atomic mass is 14.9. The van der Waals surface area contributed by atoms with Gasteiger partial charge in [-0.1, -0.05) is 12.1 Å². The molecule has 0 saturated carbocycles. The van der Waals surface area contributed by atoms with Gasteiger partial charge in [-0.3, -0.25) is 4.98 Å². The van der Waals surface area contributed by atoms with Crippen LogP contribution in [0.15, 0.2) is 36.4 Å². The zero-order valence-electron chi connectivity index (χ0n) is 11.4. The summed E-state index contributed by atoms with van der Waals surface area (Å²) in [5.74, 6) is 0. The average molecular weight is 251 g/mol. The smallest absolute Gasteiger partial charge is 0.0991 e. The van der Waals surface area contributed by atoms with E-state index in [9.17, 15) is 0 Å². The molecule has 3 heteroatoms. The van der Waals surface area contributed by atoms with Gasteiger partial charge in [0.25, 0.3) is 0 Å². The Kier molecular flexibility index (Phi) is 3.82. The number of rotatable bonds is 3. The molecule has 96 valence electrons. The van der Waals surface area contributed by atoms with E-state index >= 15 is 0 Å². The molecule has 0 aliphatic carbocycles. The van der Waals surface area contributed by atoms with Crippen molar-refractivity contribution in [2.75, 3.05) is 5.32 Å². The molecule has 1 heterocycles. The van der Waals surface area contributed by atoms with E-state index in [0.29, 0.717) is 5.56 Å². The maximum absolute atomic E-state index is 8.79. The number of nitrogens with one attached hydrogen (secondary N) is 1. The summed E-state index contributed by atoms with van der Waals surface area (Å²) in [5, 5.41) is 12.2. The highest BCUT2D eigenvalue weighted by Gasteiger charge is 2.07. The van der Waals surface area contributed by atoms with Gasteiger partial charge in [0.1, 0.15) is 0 Å². The maximum Gasteiger partial charge on any atom is 0.0991 e. The Bertz CT molecular complexity index is 609.